The minimum atomic E-state index is -0.0617. The molecule has 0 spiro atoms. The van der Waals surface area contributed by atoms with E-state index in [4.69, 9.17) is 27.9 Å². The highest BCUT2D eigenvalue weighted by Crippen LogP contribution is 2.48. The smallest absolute Gasteiger partial charge is 0.176 e. The molecule has 0 amide bonds. The molecule has 0 N–H and O–H groups in total. The normalized spacial score (nSPS) is 26.8. The molecule has 4 saturated heterocycles. The molecular weight excluding hydrogens is 611 g/mol. The Bertz CT molecular complexity index is 1420. The molecule has 1 atom stereocenters. The molecule has 236 valence electrons. The fraction of sp³-hybridized carbons (Fsp3) is 0.486. The number of ketones is 1. The van der Waals surface area contributed by atoms with Gasteiger partial charge in [-0.05, 0) is 68.6 Å². The van der Waals surface area contributed by atoms with Crippen LogP contribution in [0.25, 0.3) is 0 Å². The van der Waals surface area contributed by atoms with E-state index in [-0.39, 0.29) is 29.7 Å². The van der Waals surface area contributed by atoms with Crippen LogP contribution in [0.15, 0.2) is 72.8 Å². The third-order valence-electron chi connectivity index (χ3n) is 10.7. The minimum Gasteiger partial charge on any atom is -1.00 e. The Morgan fingerprint density at radius 1 is 0.886 bits per heavy atom. The molecule has 0 unspecified atom stereocenters. The number of rotatable bonds is 10. The van der Waals surface area contributed by atoms with Gasteiger partial charge in [0, 0.05) is 48.6 Å². The van der Waals surface area contributed by atoms with Gasteiger partial charge < -0.3 is 21.6 Å². The molecule has 3 aromatic rings. The maximum atomic E-state index is 13.5. The Morgan fingerprint density at radius 3 is 2.30 bits per heavy atom. The first-order chi connectivity index (χ1) is 20.7. The lowest BCUT2D eigenvalue weighted by atomic mass is 9.65. The number of benzene rings is 3. The average Bonchev–Trinajstić information content (AvgIpc) is 3.03. The topological polar surface area (TPSA) is 29.5 Å². The number of hydrogen-bond acceptors (Lipinski definition) is 3. The van der Waals surface area contributed by atoms with Crippen molar-refractivity contribution >= 4 is 29.0 Å². The Morgan fingerprint density at radius 2 is 1.61 bits per heavy atom. The van der Waals surface area contributed by atoms with Crippen LogP contribution in [0, 0.1) is 0 Å². The summed E-state index contributed by atoms with van der Waals surface area (Å²) in [6.07, 6.45) is 7.14. The van der Waals surface area contributed by atoms with E-state index in [1.54, 1.807) is 0 Å². The number of Topliss-reactive ketones (excluding diaryl/α,β-unsaturated/α-hetero) is 1. The minimum absolute atomic E-state index is 0. The van der Waals surface area contributed by atoms with Crippen LogP contribution >= 0.6 is 23.2 Å². The number of ether oxygens (including phenoxy) is 1. The number of carbonyl (C=O) groups is 1. The molecule has 0 aromatic heterocycles. The number of likely N-dealkylation sites (tertiary alicyclic amines) is 1. The van der Waals surface area contributed by atoms with Crippen LogP contribution < -0.4 is 17.1 Å². The van der Waals surface area contributed by atoms with Gasteiger partial charge >= 0.3 is 0 Å². The van der Waals surface area contributed by atoms with E-state index < -0.39 is 0 Å². The molecule has 4 aliphatic rings. The molecule has 0 aliphatic carbocycles. The second-order valence-electron chi connectivity index (χ2n) is 13.7. The van der Waals surface area contributed by atoms with Crippen LogP contribution in [0.1, 0.15) is 73.9 Å². The molecule has 4 heterocycles. The van der Waals surface area contributed by atoms with E-state index in [9.17, 15) is 4.79 Å². The van der Waals surface area contributed by atoms with Crippen molar-refractivity contribution in [2.75, 3.05) is 45.8 Å². The third-order valence-corrected chi connectivity index (χ3v) is 11.5. The molecule has 0 saturated carbocycles. The lowest BCUT2D eigenvalue weighted by Crippen LogP contribution is -3.00. The first kappa shape index (κ1) is 33.3. The van der Waals surface area contributed by atoms with Crippen molar-refractivity contribution in [3.63, 3.8) is 0 Å². The summed E-state index contributed by atoms with van der Waals surface area (Å²) in [5.41, 5.74) is 3.81. The lowest BCUT2D eigenvalue weighted by molar-refractivity contribution is -0.944. The van der Waals surface area contributed by atoms with Gasteiger partial charge in [-0.3, -0.25) is 9.69 Å². The van der Waals surface area contributed by atoms with Crippen LogP contribution in [0.5, 0.6) is 5.75 Å². The van der Waals surface area contributed by atoms with E-state index in [2.05, 4.69) is 47.4 Å². The molecule has 44 heavy (non-hydrogen) atoms. The van der Waals surface area contributed by atoms with Crippen molar-refractivity contribution in [3.05, 3.63) is 99.5 Å². The Balaban J connectivity index is 0.00000384. The number of halogens is 3. The number of quaternary nitrogens is 1. The van der Waals surface area contributed by atoms with Gasteiger partial charge in [0.05, 0.1) is 48.9 Å². The zero-order valence-corrected chi connectivity index (χ0v) is 28.3. The van der Waals surface area contributed by atoms with Gasteiger partial charge in [0.25, 0.3) is 0 Å². The van der Waals surface area contributed by atoms with Gasteiger partial charge in [-0.1, -0.05) is 71.7 Å². The number of fused-ring (bicyclic) bond motifs is 3. The van der Waals surface area contributed by atoms with Crippen molar-refractivity contribution in [1.82, 2.24) is 4.90 Å². The van der Waals surface area contributed by atoms with Crippen molar-refractivity contribution in [3.8, 4) is 5.75 Å². The van der Waals surface area contributed by atoms with Crippen molar-refractivity contribution in [1.29, 1.82) is 0 Å². The summed E-state index contributed by atoms with van der Waals surface area (Å²) in [4.78, 5) is 15.9. The van der Waals surface area contributed by atoms with Crippen LogP contribution in [-0.2, 0) is 10.8 Å². The van der Waals surface area contributed by atoms with Gasteiger partial charge in [-0.2, -0.15) is 0 Å². The number of piperidine rings is 4. The fourth-order valence-corrected chi connectivity index (χ4v) is 8.45. The first-order valence-electron chi connectivity index (χ1n) is 16.1. The van der Waals surface area contributed by atoms with Gasteiger partial charge in [0.2, 0.25) is 0 Å². The fourth-order valence-electron chi connectivity index (χ4n) is 8.16. The van der Waals surface area contributed by atoms with Crippen LogP contribution in [0.2, 0.25) is 10.0 Å². The summed E-state index contributed by atoms with van der Waals surface area (Å²) in [6, 6.07) is 25.1. The quantitative estimate of drug-likeness (QED) is 0.218. The summed E-state index contributed by atoms with van der Waals surface area (Å²) in [7, 11) is 0. The molecule has 2 bridgehead atoms. The highest BCUT2D eigenvalue weighted by molar-refractivity contribution is 6.42. The molecule has 7 rings (SSSR count). The second kappa shape index (κ2) is 13.7. The maximum Gasteiger partial charge on any atom is 0.176 e. The predicted octanol–water partition coefficient (Wildman–Crippen LogP) is 5.34. The number of carbonyl (C=O) groups excluding carboxylic acids is 1. The Labute approximate surface area is 279 Å². The summed E-state index contributed by atoms with van der Waals surface area (Å²) >= 11 is 13.0. The highest BCUT2D eigenvalue weighted by Gasteiger charge is 2.50. The van der Waals surface area contributed by atoms with Gasteiger partial charge in [-0.25, -0.2) is 0 Å². The molecule has 0 radical (unpaired) electrons. The zero-order valence-electron chi connectivity index (χ0n) is 26.0. The third kappa shape index (κ3) is 7.00. The second-order valence-corrected chi connectivity index (χ2v) is 14.5. The van der Waals surface area contributed by atoms with Gasteiger partial charge in [0.1, 0.15) is 5.75 Å². The molecule has 3 aromatic carbocycles. The summed E-state index contributed by atoms with van der Waals surface area (Å²) < 4.78 is 7.08. The van der Waals surface area contributed by atoms with E-state index in [1.807, 2.05) is 44.2 Å². The summed E-state index contributed by atoms with van der Waals surface area (Å²) in [5.74, 6) is 0.892. The Hall–Kier alpha value is -2.08. The average molecular weight is 656 g/mol. The molecule has 7 heteroatoms. The van der Waals surface area contributed by atoms with Crippen LogP contribution in [-0.4, -0.2) is 67.1 Å². The Kier molecular flexibility index (Phi) is 10.4. The highest BCUT2D eigenvalue weighted by atomic mass is 35.5. The first-order valence-corrected chi connectivity index (χ1v) is 16.8. The van der Waals surface area contributed by atoms with E-state index in [1.165, 1.54) is 61.1 Å². The van der Waals surface area contributed by atoms with Crippen molar-refractivity contribution in [2.45, 2.75) is 69.3 Å². The number of hydrogen-bond donors (Lipinski definition) is 0. The van der Waals surface area contributed by atoms with Gasteiger partial charge in [0.15, 0.2) is 5.78 Å². The van der Waals surface area contributed by atoms with Gasteiger partial charge in [-0.15, -0.1) is 0 Å². The molecule has 4 nitrogen and oxygen atoms in total. The molecule has 4 aliphatic heterocycles. The SMILES string of the molecule is CC(C)Oc1cccc(C(=O)CN2CCC[C@@](CC[N+]34CCC(c5ccccc5)(CC3)CC4)(c3ccc(Cl)c(Cl)c3)C2)c1.[Cl-]. The zero-order chi connectivity index (χ0) is 30.1. The van der Waals surface area contributed by atoms with E-state index in [0.717, 1.165) is 38.1 Å². The largest absolute Gasteiger partial charge is 1.00 e. The van der Waals surface area contributed by atoms with Crippen LogP contribution in [0.3, 0.4) is 0 Å². The monoisotopic (exact) mass is 654 g/mol. The van der Waals surface area contributed by atoms with Crippen molar-refractivity contribution in [2.24, 2.45) is 0 Å². The van der Waals surface area contributed by atoms with E-state index in [0.29, 0.717) is 27.6 Å². The van der Waals surface area contributed by atoms with Crippen LogP contribution in [0.4, 0.5) is 0 Å². The standard InChI is InChI=1S/C37H45Cl2N2O2.ClH/c1-28(2)43-32-11-6-8-29(24-32)35(42)26-40-19-7-14-37(27-40,31-12-13-33(38)34(39)25-31)18-23-41-20-15-36(16-21-41,17-22-41)30-9-4-3-5-10-30;/h3-6,8-13,24-25,28H,7,14-23,26-27H2,1-2H3;1H/q+1;/p-1/t36?,37-,41?;/m0./s1. The lowest BCUT2D eigenvalue weighted by Gasteiger charge is -2.56. The summed E-state index contributed by atoms with van der Waals surface area (Å²) in [6.45, 7) is 11.1. The summed E-state index contributed by atoms with van der Waals surface area (Å²) in [5, 5.41) is 1.21. The molecular formula is C37H45Cl3N2O2. The van der Waals surface area contributed by atoms with E-state index >= 15 is 0 Å². The van der Waals surface area contributed by atoms with Crippen molar-refractivity contribution < 1.29 is 26.4 Å². The molecule has 4 fully saturated rings. The maximum absolute atomic E-state index is 13.5. The predicted molar refractivity (Wildman–Crippen MR) is 177 cm³/mol. The number of nitrogens with zero attached hydrogens (tertiary/aromatic N) is 2.